The number of hydrogen-bond acceptors (Lipinski definition) is 3. The van der Waals surface area contributed by atoms with Crippen LogP contribution in [-0.2, 0) is 0 Å². The number of hydrogen-bond donors (Lipinski definition) is 2. The van der Waals surface area contributed by atoms with E-state index < -0.39 is 12.5 Å². The molecule has 14 heavy (non-hydrogen) atoms. The van der Waals surface area contributed by atoms with Gasteiger partial charge >= 0.3 is 0 Å². The maximum atomic E-state index is 12.2. The van der Waals surface area contributed by atoms with Crippen LogP contribution in [0.2, 0.25) is 0 Å². The van der Waals surface area contributed by atoms with Gasteiger partial charge in [0.25, 0.3) is 6.43 Å². The summed E-state index contributed by atoms with van der Waals surface area (Å²) in [5.41, 5.74) is 6.90. The average molecular weight is 201 g/mol. The predicted octanol–water partition coefficient (Wildman–Crippen LogP) is 2.04. The van der Waals surface area contributed by atoms with Gasteiger partial charge in [-0.1, -0.05) is 0 Å². The van der Waals surface area contributed by atoms with Gasteiger partial charge < -0.3 is 11.1 Å². The molecule has 0 bridgehead atoms. The van der Waals surface area contributed by atoms with Crippen molar-refractivity contribution in [2.75, 3.05) is 11.1 Å². The highest BCUT2D eigenvalue weighted by Gasteiger charge is 2.15. The number of halogens is 2. The molecule has 3 nitrogen and oxygen atoms in total. The quantitative estimate of drug-likeness (QED) is 0.786. The third-order valence-corrected chi connectivity index (χ3v) is 1.95. The monoisotopic (exact) mass is 201 g/mol. The van der Waals surface area contributed by atoms with E-state index in [2.05, 4.69) is 10.3 Å². The zero-order chi connectivity index (χ0) is 10.7. The van der Waals surface area contributed by atoms with E-state index in [1.54, 1.807) is 13.0 Å². The minimum atomic E-state index is -2.43. The summed E-state index contributed by atoms with van der Waals surface area (Å²) in [5, 5.41) is 2.56. The predicted molar refractivity (Wildman–Crippen MR) is 52.5 cm³/mol. The molecule has 0 aliphatic carbocycles. The SMILES string of the molecule is Cc1ccnc(NC(C)C(F)F)c1N. The van der Waals surface area contributed by atoms with Crippen LogP contribution in [0.25, 0.3) is 0 Å². The molecule has 3 N–H and O–H groups in total. The number of nitrogen functional groups attached to an aromatic ring is 1. The zero-order valence-electron chi connectivity index (χ0n) is 8.09. The van der Waals surface area contributed by atoms with Crippen LogP contribution in [0.15, 0.2) is 12.3 Å². The number of aromatic nitrogens is 1. The Morgan fingerprint density at radius 3 is 2.71 bits per heavy atom. The summed E-state index contributed by atoms with van der Waals surface area (Å²) in [6, 6.07) is 0.777. The van der Waals surface area contributed by atoms with E-state index in [1.807, 2.05) is 0 Å². The molecule has 1 heterocycles. The molecule has 1 aromatic heterocycles. The van der Waals surface area contributed by atoms with Crippen LogP contribution in [0.1, 0.15) is 12.5 Å². The molecular weight excluding hydrogens is 188 g/mol. The molecule has 0 spiro atoms. The van der Waals surface area contributed by atoms with Crippen LogP contribution < -0.4 is 11.1 Å². The lowest BCUT2D eigenvalue weighted by Gasteiger charge is -2.15. The fourth-order valence-electron chi connectivity index (χ4n) is 0.963. The third-order valence-electron chi connectivity index (χ3n) is 1.95. The van der Waals surface area contributed by atoms with E-state index in [0.717, 1.165) is 5.56 Å². The van der Waals surface area contributed by atoms with Gasteiger partial charge in [-0.05, 0) is 25.5 Å². The van der Waals surface area contributed by atoms with Crippen LogP contribution in [0.4, 0.5) is 20.3 Å². The highest BCUT2D eigenvalue weighted by molar-refractivity contribution is 5.65. The molecular formula is C9H13F2N3. The number of nitrogens with one attached hydrogen (secondary N) is 1. The molecule has 0 amide bonds. The van der Waals surface area contributed by atoms with Gasteiger partial charge in [0.1, 0.15) is 5.82 Å². The standard InChI is InChI=1S/C9H13F2N3/c1-5-3-4-13-9(7(5)12)14-6(2)8(10)11/h3-4,6,8H,12H2,1-2H3,(H,13,14). The topological polar surface area (TPSA) is 50.9 Å². The lowest BCUT2D eigenvalue weighted by atomic mass is 10.2. The summed E-state index contributed by atoms with van der Waals surface area (Å²) in [5.74, 6) is 0.317. The third kappa shape index (κ3) is 2.31. The molecule has 5 heteroatoms. The number of nitrogens with two attached hydrogens (primary N) is 1. The first-order valence-electron chi connectivity index (χ1n) is 4.28. The highest BCUT2D eigenvalue weighted by Crippen LogP contribution is 2.20. The van der Waals surface area contributed by atoms with Crippen molar-refractivity contribution in [3.05, 3.63) is 17.8 Å². The molecule has 1 rings (SSSR count). The largest absolute Gasteiger partial charge is 0.396 e. The second-order valence-electron chi connectivity index (χ2n) is 3.16. The van der Waals surface area contributed by atoms with E-state index >= 15 is 0 Å². The average Bonchev–Trinajstić information content (AvgIpc) is 2.12. The summed E-state index contributed by atoms with van der Waals surface area (Å²) < 4.78 is 24.4. The van der Waals surface area contributed by atoms with Crippen LogP contribution in [0.5, 0.6) is 0 Å². The van der Waals surface area contributed by atoms with Crippen molar-refractivity contribution >= 4 is 11.5 Å². The van der Waals surface area contributed by atoms with Crippen molar-refractivity contribution in [1.29, 1.82) is 0 Å². The van der Waals surface area contributed by atoms with Crippen molar-refractivity contribution in [3.8, 4) is 0 Å². The number of aryl methyl sites for hydroxylation is 1. The van der Waals surface area contributed by atoms with Crippen molar-refractivity contribution in [2.45, 2.75) is 26.3 Å². The minimum absolute atomic E-state index is 0.317. The van der Waals surface area contributed by atoms with Crippen LogP contribution in [-0.4, -0.2) is 17.5 Å². The number of anilines is 2. The van der Waals surface area contributed by atoms with Gasteiger partial charge in [0.2, 0.25) is 0 Å². The van der Waals surface area contributed by atoms with E-state index in [1.165, 1.54) is 13.1 Å². The summed E-state index contributed by atoms with van der Waals surface area (Å²) in [6.07, 6.45) is -0.900. The Morgan fingerprint density at radius 2 is 2.14 bits per heavy atom. The Hall–Kier alpha value is -1.39. The van der Waals surface area contributed by atoms with Gasteiger partial charge in [-0.15, -0.1) is 0 Å². The Bertz CT molecular complexity index is 315. The molecule has 0 fully saturated rings. The van der Waals surface area contributed by atoms with E-state index in [-0.39, 0.29) is 0 Å². The number of alkyl halides is 2. The Balaban J connectivity index is 2.82. The van der Waals surface area contributed by atoms with Crippen molar-refractivity contribution < 1.29 is 8.78 Å². The summed E-state index contributed by atoms with van der Waals surface area (Å²) in [6.45, 7) is 3.18. The van der Waals surface area contributed by atoms with E-state index in [4.69, 9.17) is 5.73 Å². The molecule has 0 aliphatic heterocycles. The second kappa shape index (κ2) is 4.21. The van der Waals surface area contributed by atoms with Crippen LogP contribution >= 0.6 is 0 Å². The maximum absolute atomic E-state index is 12.2. The molecule has 0 radical (unpaired) electrons. The van der Waals surface area contributed by atoms with Crippen molar-refractivity contribution in [3.63, 3.8) is 0 Å². The molecule has 0 aromatic carbocycles. The molecule has 0 saturated carbocycles. The first-order chi connectivity index (χ1) is 6.52. The fourth-order valence-corrected chi connectivity index (χ4v) is 0.963. The Morgan fingerprint density at radius 1 is 1.50 bits per heavy atom. The Labute approximate surface area is 81.3 Å². The van der Waals surface area contributed by atoms with Gasteiger partial charge in [0, 0.05) is 6.20 Å². The summed E-state index contributed by atoms with van der Waals surface area (Å²) >= 11 is 0. The maximum Gasteiger partial charge on any atom is 0.258 e. The smallest absolute Gasteiger partial charge is 0.258 e. The first kappa shape index (κ1) is 10.7. The van der Waals surface area contributed by atoms with Crippen molar-refractivity contribution in [1.82, 2.24) is 4.98 Å². The summed E-state index contributed by atoms with van der Waals surface area (Å²) in [7, 11) is 0. The fraction of sp³-hybridized carbons (Fsp3) is 0.444. The van der Waals surface area contributed by atoms with Crippen LogP contribution in [0, 0.1) is 6.92 Å². The summed E-state index contributed by atoms with van der Waals surface area (Å²) in [4.78, 5) is 3.89. The zero-order valence-corrected chi connectivity index (χ0v) is 8.09. The van der Waals surface area contributed by atoms with Crippen LogP contribution in [0.3, 0.4) is 0 Å². The normalized spacial score (nSPS) is 12.9. The van der Waals surface area contributed by atoms with Gasteiger partial charge in [0.05, 0.1) is 11.7 Å². The van der Waals surface area contributed by atoms with Gasteiger partial charge in [-0.25, -0.2) is 13.8 Å². The number of nitrogens with zero attached hydrogens (tertiary/aromatic N) is 1. The molecule has 1 aromatic rings. The van der Waals surface area contributed by atoms with E-state index in [0.29, 0.717) is 11.5 Å². The molecule has 1 unspecified atom stereocenters. The first-order valence-corrected chi connectivity index (χ1v) is 4.28. The minimum Gasteiger partial charge on any atom is -0.396 e. The Kier molecular flexibility index (Phi) is 3.22. The van der Waals surface area contributed by atoms with Crippen molar-refractivity contribution in [2.24, 2.45) is 0 Å². The second-order valence-corrected chi connectivity index (χ2v) is 3.16. The molecule has 0 saturated heterocycles. The highest BCUT2D eigenvalue weighted by atomic mass is 19.3. The lowest BCUT2D eigenvalue weighted by molar-refractivity contribution is 0.130. The van der Waals surface area contributed by atoms with Gasteiger partial charge in [-0.2, -0.15) is 0 Å². The molecule has 78 valence electrons. The molecule has 1 atom stereocenters. The van der Waals surface area contributed by atoms with E-state index in [9.17, 15) is 8.78 Å². The van der Waals surface area contributed by atoms with Gasteiger partial charge in [-0.3, -0.25) is 0 Å². The lowest BCUT2D eigenvalue weighted by Crippen LogP contribution is -2.25. The van der Waals surface area contributed by atoms with Gasteiger partial charge in [0.15, 0.2) is 0 Å². The number of pyridine rings is 1. The number of rotatable bonds is 3. The molecule has 0 aliphatic rings.